The van der Waals surface area contributed by atoms with Gasteiger partial charge in [0.15, 0.2) is 0 Å². The summed E-state index contributed by atoms with van der Waals surface area (Å²) in [7, 11) is 1.44. The van der Waals surface area contributed by atoms with Crippen LogP contribution in [0.3, 0.4) is 0 Å². The molecule has 0 saturated heterocycles. The number of fused-ring (bicyclic) bond motifs is 1. The molecule has 2 amide bonds. The van der Waals surface area contributed by atoms with Crippen molar-refractivity contribution in [1.82, 2.24) is 4.72 Å². The highest BCUT2D eigenvalue weighted by Gasteiger charge is 2.18. The third kappa shape index (κ3) is 4.21. The lowest BCUT2D eigenvalue weighted by molar-refractivity contribution is 0.0985. The molecule has 0 aromatic heterocycles. The second-order valence-corrected chi connectivity index (χ2v) is 6.85. The largest absolute Gasteiger partial charge is 0.495 e. The molecule has 0 spiro atoms. The first kappa shape index (κ1) is 20.0. The molecule has 0 unspecified atom stereocenters. The van der Waals surface area contributed by atoms with Crippen LogP contribution in [-0.2, 0) is 0 Å². The number of halogens is 2. The van der Waals surface area contributed by atoms with Gasteiger partial charge >= 0.3 is 0 Å². The summed E-state index contributed by atoms with van der Waals surface area (Å²) in [6, 6.07) is 12.2. The van der Waals surface area contributed by atoms with Gasteiger partial charge in [0, 0.05) is 17.9 Å². The van der Waals surface area contributed by atoms with Crippen molar-refractivity contribution in [2.24, 2.45) is 0 Å². The molecule has 0 radical (unpaired) electrons. The number of nitrogens with one attached hydrogen (secondary N) is 2. The molecular weight excluding hydrogens is 403 g/mol. The van der Waals surface area contributed by atoms with Gasteiger partial charge in [-0.2, -0.15) is 0 Å². The Bertz CT molecular complexity index is 1070. The van der Waals surface area contributed by atoms with Crippen LogP contribution in [0.2, 0.25) is 5.02 Å². The summed E-state index contributed by atoms with van der Waals surface area (Å²) in [5.41, 5.74) is 0.831. The molecule has 0 heterocycles. The Hall–Kier alpha value is -2.77. The van der Waals surface area contributed by atoms with Crippen LogP contribution in [0.15, 0.2) is 48.5 Å². The molecule has 3 aromatic carbocycles. The minimum Gasteiger partial charge on any atom is -0.495 e. The molecule has 0 aliphatic carbocycles. The van der Waals surface area contributed by atoms with Crippen molar-refractivity contribution < 1.29 is 18.7 Å². The summed E-state index contributed by atoms with van der Waals surface area (Å²) in [6.45, 7) is 0. The molecule has 5 nitrogen and oxygen atoms in total. The van der Waals surface area contributed by atoms with E-state index in [2.05, 4.69) is 10.0 Å². The molecule has 0 atom stereocenters. The molecular formula is C20H16ClFN2O3S. The maximum absolute atomic E-state index is 13.3. The van der Waals surface area contributed by atoms with Gasteiger partial charge in [-0.1, -0.05) is 35.7 Å². The minimum atomic E-state index is -0.422. The summed E-state index contributed by atoms with van der Waals surface area (Å²) in [4.78, 5) is 25.1. The minimum absolute atomic E-state index is 0.205. The first-order chi connectivity index (χ1) is 13.4. The maximum atomic E-state index is 13.3. The lowest BCUT2D eigenvalue weighted by atomic mass is 10.1. The molecule has 2 N–H and O–H groups in total. The van der Waals surface area contributed by atoms with Gasteiger partial charge in [0.1, 0.15) is 11.6 Å². The first-order valence-electron chi connectivity index (χ1n) is 8.14. The highest BCUT2D eigenvalue weighted by molar-refractivity contribution is 7.97. The molecule has 0 saturated carbocycles. The van der Waals surface area contributed by atoms with Crippen LogP contribution in [0.1, 0.15) is 20.7 Å². The van der Waals surface area contributed by atoms with Gasteiger partial charge in [-0.3, -0.25) is 14.3 Å². The summed E-state index contributed by atoms with van der Waals surface area (Å²) in [5.74, 6) is -0.843. The summed E-state index contributed by atoms with van der Waals surface area (Å²) in [5, 5.41) is 4.38. The average Bonchev–Trinajstić information content (AvgIpc) is 2.68. The summed E-state index contributed by atoms with van der Waals surface area (Å²) < 4.78 is 21.1. The SMILES string of the molecule is COc1cc(NC(=O)c2ccc3cc(F)ccc3c2)c(C(=O)NSC)cc1Cl. The van der Waals surface area contributed by atoms with E-state index in [0.717, 1.165) is 17.3 Å². The normalized spacial score (nSPS) is 10.6. The predicted molar refractivity (Wildman–Crippen MR) is 111 cm³/mol. The van der Waals surface area contributed by atoms with E-state index in [9.17, 15) is 14.0 Å². The topological polar surface area (TPSA) is 67.4 Å². The van der Waals surface area contributed by atoms with Crippen LogP contribution in [-0.4, -0.2) is 25.2 Å². The van der Waals surface area contributed by atoms with Crippen molar-refractivity contribution in [2.75, 3.05) is 18.7 Å². The fraction of sp³-hybridized carbons (Fsp3) is 0.100. The zero-order chi connectivity index (χ0) is 20.3. The molecule has 0 fully saturated rings. The molecule has 3 rings (SSSR count). The number of anilines is 1. The van der Waals surface area contributed by atoms with Crippen molar-refractivity contribution in [3.63, 3.8) is 0 Å². The summed E-state index contributed by atoms with van der Waals surface area (Å²) >= 11 is 7.25. The van der Waals surface area contributed by atoms with Crippen LogP contribution in [0, 0.1) is 5.82 Å². The Kier molecular flexibility index (Phi) is 6.06. The molecule has 144 valence electrons. The van der Waals surface area contributed by atoms with E-state index in [0.29, 0.717) is 16.7 Å². The van der Waals surface area contributed by atoms with Crippen molar-refractivity contribution >= 4 is 51.8 Å². The first-order valence-corrected chi connectivity index (χ1v) is 9.74. The van der Waals surface area contributed by atoms with Crippen LogP contribution in [0.4, 0.5) is 10.1 Å². The zero-order valence-electron chi connectivity index (χ0n) is 15.0. The average molecular weight is 419 g/mol. The Morgan fingerprint density at radius 1 is 1.04 bits per heavy atom. The van der Waals surface area contributed by atoms with Crippen molar-refractivity contribution in [3.05, 3.63) is 70.5 Å². The van der Waals surface area contributed by atoms with E-state index >= 15 is 0 Å². The number of hydrogen-bond acceptors (Lipinski definition) is 4. The molecule has 0 aliphatic rings. The quantitative estimate of drug-likeness (QED) is 0.578. The van der Waals surface area contributed by atoms with Gasteiger partial charge in [-0.25, -0.2) is 4.39 Å². The van der Waals surface area contributed by atoms with E-state index < -0.39 is 11.8 Å². The van der Waals surface area contributed by atoms with Gasteiger partial charge in [-0.05, 0) is 41.1 Å². The number of amides is 2. The highest BCUT2D eigenvalue weighted by atomic mass is 35.5. The Morgan fingerprint density at radius 3 is 2.46 bits per heavy atom. The Labute approximate surface area is 170 Å². The van der Waals surface area contributed by atoms with Crippen molar-refractivity contribution in [3.8, 4) is 5.75 Å². The van der Waals surface area contributed by atoms with Gasteiger partial charge in [-0.15, -0.1) is 0 Å². The van der Waals surface area contributed by atoms with E-state index in [4.69, 9.17) is 16.3 Å². The smallest absolute Gasteiger partial charge is 0.263 e. The fourth-order valence-corrected chi connectivity index (χ4v) is 3.24. The van der Waals surface area contributed by atoms with Crippen LogP contribution in [0.5, 0.6) is 5.75 Å². The van der Waals surface area contributed by atoms with E-state index in [-0.39, 0.29) is 22.1 Å². The standard InChI is InChI=1S/C20H16ClFN2O3S/c1-27-18-10-17(15(9-16(18)21)20(26)24-28-2)23-19(25)13-4-3-12-8-14(22)6-5-11(12)7-13/h3-10H,1-2H3,(H,23,25)(H,24,26). The molecule has 28 heavy (non-hydrogen) atoms. The van der Waals surface area contributed by atoms with Gasteiger partial charge in [0.05, 0.1) is 23.4 Å². The Balaban J connectivity index is 1.96. The number of benzene rings is 3. The predicted octanol–water partition coefficient (Wildman–Crippen LogP) is 4.90. The van der Waals surface area contributed by atoms with E-state index in [1.165, 1.54) is 31.4 Å². The number of carbonyl (C=O) groups excluding carboxylic acids is 2. The highest BCUT2D eigenvalue weighted by Crippen LogP contribution is 2.32. The number of methoxy groups -OCH3 is 1. The number of carbonyl (C=O) groups is 2. The van der Waals surface area contributed by atoms with Crippen LogP contribution in [0.25, 0.3) is 10.8 Å². The van der Waals surface area contributed by atoms with E-state index in [1.807, 2.05) is 0 Å². The van der Waals surface area contributed by atoms with Gasteiger partial charge < -0.3 is 10.1 Å². The molecule has 8 heteroatoms. The molecule has 0 bridgehead atoms. The van der Waals surface area contributed by atoms with Crippen molar-refractivity contribution in [2.45, 2.75) is 0 Å². The number of hydrogen-bond donors (Lipinski definition) is 2. The van der Waals surface area contributed by atoms with E-state index in [1.54, 1.807) is 30.5 Å². The number of ether oxygens (including phenoxy) is 1. The second kappa shape index (κ2) is 8.50. The fourth-order valence-electron chi connectivity index (χ4n) is 2.70. The Morgan fingerprint density at radius 2 is 1.75 bits per heavy atom. The zero-order valence-corrected chi connectivity index (χ0v) is 16.6. The molecule has 3 aromatic rings. The maximum Gasteiger partial charge on any atom is 0.263 e. The second-order valence-electron chi connectivity index (χ2n) is 5.83. The lowest BCUT2D eigenvalue weighted by Gasteiger charge is -2.14. The number of rotatable bonds is 5. The van der Waals surface area contributed by atoms with Crippen LogP contribution < -0.4 is 14.8 Å². The third-order valence-corrected chi connectivity index (χ3v) is 4.73. The summed E-state index contributed by atoms with van der Waals surface area (Å²) in [6.07, 6.45) is 1.71. The van der Waals surface area contributed by atoms with Gasteiger partial charge in [0.2, 0.25) is 0 Å². The third-order valence-electron chi connectivity index (χ3n) is 4.04. The molecule has 0 aliphatic heterocycles. The van der Waals surface area contributed by atoms with Crippen molar-refractivity contribution in [1.29, 1.82) is 0 Å². The van der Waals surface area contributed by atoms with Crippen LogP contribution >= 0.6 is 23.5 Å². The lowest BCUT2D eigenvalue weighted by Crippen LogP contribution is -2.20. The monoisotopic (exact) mass is 418 g/mol. The van der Waals surface area contributed by atoms with Gasteiger partial charge in [0.25, 0.3) is 11.8 Å².